The lowest BCUT2D eigenvalue weighted by molar-refractivity contribution is -0.134. The van der Waals surface area contributed by atoms with E-state index in [4.69, 9.17) is 11.6 Å². The van der Waals surface area contributed by atoms with Crippen LogP contribution in [0.1, 0.15) is 41.5 Å². The molecule has 1 aliphatic carbocycles. The molecule has 5 rings (SSSR count). The van der Waals surface area contributed by atoms with Crippen LogP contribution in [0.15, 0.2) is 36.7 Å². The zero-order valence-corrected chi connectivity index (χ0v) is 17.4. The molecule has 1 spiro atoms. The number of amides is 1. The monoisotopic (exact) mass is 423 g/mol. The first-order valence-electron chi connectivity index (χ1n) is 10.1. The van der Waals surface area contributed by atoms with Crippen LogP contribution in [0.4, 0.5) is 5.69 Å². The lowest BCUT2D eigenvalue weighted by Crippen LogP contribution is -2.62. The molecule has 0 atom stereocenters. The van der Waals surface area contributed by atoms with Gasteiger partial charge in [-0.25, -0.2) is 9.97 Å². The van der Waals surface area contributed by atoms with Crippen molar-refractivity contribution in [3.8, 4) is 0 Å². The van der Waals surface area contributed by atoms with Crippen molar-refractivity contribution in [2.45, 2.75) is 32.7 Å². The van der Waals surface area contributed by atoms with Crippen molar-refractivity contribution in [2.24, 2.45) is 5.41 Å². The Bertz CT molecular complexity index is 1140. The maximum atomic E-state index is 12.9. The quantitative estimate of drug-likeness (QED) is 0.682. The molecule has 1 N–H and O–H groups in total. The van der Waals surface area contributed by atoms with Gasteiger partial charge >= 0.3 is 0 Å². The van der Waals surface area contributed by atoms with Crippen LogP contribution in [0.3, 0.4) is 0 Å². The van der Waals surface area contributed by atoms with Crippen molar-refractivity contribution in [1.82, 2.24) is 19.7 Å². The number of nitrogens with zero attached hydrogens (tertiary/aromatic N) is 4. The molecular formula is C22H22ClN5O2. The minimum Gasteiger partial charge on any atom is -0.370 e. The second kappa shape index (κ2) is 7.09. The number of carbonyl (C=O) groups excluding carboxylic acids is 2. The van der Waals surface area contributed by atoms with E-state index < -0.39 is 0 Å². The second-order valence-corrected chi connectivity index (χ2v) is 8.74. The molecule has 30 heavy (non-hydrogen) atoms. The number of fused-ring (bicyclic) bond motifs is 1. The van der Waals surface area contributed by atoms with Crippen LogP contribution < -0.4 is 10.2 Å². The second-order valence-electron chi connectivity index (χ2n) is 8.30. The van der Waals surface area contributed by atoms with Crippen LogP contribution in [-0.2, 0) is 17.8 Å². The number of aromatic nitrogens is 3. The SMILES string of the molecule is CCc1nc2ncc(Cl)cn2c1C(=O)NCc1ccc(N2CC3(CC(=O)C3)C2)cc1. The van der Waals surface area contributed by atoms with Crippen LogP contribution in [-0.4, -0.2) is 39.1 Å². The van der Waals surface area contributed by atoms with Gasteiger partial charge in [0, 0.05) is 49.8 Å². The number of halogens is 1. The Hall–Kier alpha value is -2.93. The average Bonchev–Trinajstić information content (AvgIpc) is 3.06. The first-order chi connectivity index (χ1) is 14.5. The number of hydrogen-bond donors (Lipinski definition) is 1. The third kappa shape index (κ3) is 3.23. The highest BCUT2D eigenvalue weighted by Gasteiger charge is 2.51. The van der Waals surface area contributed by atoms with E-state index in [1.807, 2.05) is 19.1 Å². The number of ketones is 1. The first kappa shape index (κ1) is 19.1. The summed E-state index contributed by atoms with van der Waals surface area (Å²) in [5.74, 6) is 0.647. The highest BCUT2D eigenvalue weighted by Crippen LogP contribution is 2.47. The van der Waals surface area contributed by atoms with E-state index >= 15 is 0 Å². The average molecular weight is 424 g/mol. The molecule has 2 aromatic heterocycles. The fourth-order valence-electron chi connectivity index (χ4n) is 4.49. The number of hydrogen-bond acceptors (Lipinski definition) is 5. The highest BCUT2D eigenvalue weighted by atomic mass is 35.5. The largest absolute Gasteiger partial charge is 0.370 e. The van der Waals surface area contributed by atoms with Gasteiger partial charge in [0.2, 0.25) is 5.78 Å². The molecule has 7 nitrogen and oxygen atoms in total. The van der Waals surface area contributed by atoms with Crippen molar-refractivity contribution >= 4 is 34.8 Å². The van der Waals surface area contributed by atoms with Crippen molar-refractivity contribution in [1.29, 1.82) is 0 Å². The normalized spacial score (nSPS) is 17.1. The molecule has 0 bridgehead atoms. The van der Waals surface area contributed by atoms with E-state index in [0.29, 0.717) is 40.9 Å². The molecule has 154 valence electrons. The van der Waals surface area contributed by atoms with Crippen LogP contribution in [0, 0.1) is 5.41 Å². The molecule has 2 aliphatic rings. The maximum Gasteiger partial charge on any atom is 0.270 e. The van der Waals surface area contributed by atoms with Gasteiger partial charge in [0.1, 0.15) is 11.5 Å². The predicted molar refractivity (Wildman–Crippen MR) is 114 cm³/mol. The molecule has 1 aliphatic heterocycles. The molecule has 0 unspecified atom stereocenters. The number of nitrogens with one attached hydrogen (secondary N) is 1. The van der Waals surface area contributed by atoms with Gasteiger partial charge in [-0.05, 0) is 24.1 Å². The van der Waals surface area contributed by atoms with E-state index in [-0.39, 0.29) is 11.3 Å². The van der Waals surface area contributed by atoms with Crippen molar-refractivity contribution in [3.05, 3.63) is 58.6 Å². The Morgan fingerprint density at radius 3 is 2.63 bits per heavy atom. The summed E-state index contributed by atoms with van der Waals surface area (Å²) in [5, 5.41) is 3.43. The zero-order valence-electron chi connectivity index (χ0n) is 16.7. The van der Waals surface area contributed by atoms with Crippen LogP contribution in [0.25, 0.3) is 5.78 Å². The number of imidazole rings is 1. The Morgan fingerprint density at radius 1 is 1.23 bits per heavy atom. The third-order valence-corrected chi connectivity index (χ3v) is 6.22. The minimum atomic E-state index is -0.202. The van der Waals surface area contributed by atoms with Gasteiger partial charge in [-0.3, -0.25) is 14.0 Å². The molecule has 1 aromatic carbocycles. The summed E-state index contributed by atoms with van der Waals surface area (Å²) in [5.41, 5.74) is 3.58. The summed E-state index contributed by atoms with van der Waals surface area (Å²) in [7, 11) is 0. The summed E-state index contributed by atoms with van der Waals surface area (Å²) >= 11 is 6.05. The van der Waals surface area contributed by atoms with Gasteiger partial charge < -0.3 is 10.2 Å². The molecule has 1 saturated heterocycles. The van der Waals surface area contributed by atoms with Gasteiger partial charge in [-0.15, -0.1) is 0 Å². The number of Topliss-reactive ketones (excluding diaryl/α,β-unsaturated/α-hetero) is 1. The Morgan fingerprint density at radius 2 is 1.97 bits per heavy atom. The van der Waals surface area contributed by atoms with Crippen molar-refractivity contribution in [3.63, 3.8) is 0 Å². The smallest absolute Gasteiger partial charge is 0.270 e. The van der Waals surface area contributed by atoms with Crippen molar-refractivity contribution in [2.75, 3.05) is 18.0 Å². The molecule has 3 heterocycles. The molecule has 3 aromatic rings. The van der Waals surface area contributed by atoms with Crippen LogP contribution in [0.2, 0.25) is 5.02 Å². The van der Waals surface area contributed by atoms with E-state index in [0.717, 1.165) is 37.2 Å². The van der Waals surface area contributed by atoms with Gasteiger partial charge in [-0.2, -0.15) is 0 Å². The third-order valence-electron chi connectivity index (χ3n) is 6.02. The number of rotatable bonds is 5. The Balaban J connectivity index is 1.24. The van der Waals surface area contributed by atoms with Crippen LogP contribution in [0.5, 0.6) is 0 Å². The first-order valence-corrected chi connectivity index (χ1v) is 10.5. The number of aryl methyl sites for hydroxylation is 1. The Kier molecular flexibility index (Phi) is 4.50. The Labute approximate surface area is 179 Å². The number of carbonyl (C=O) groups is 2. The highest BCUT2D eigenvalue weighted by molar-refractivity contribution is 6.30. The van der Waals surface area contributed by atoms with Gasteiger partial charge in [0.25, 0.3) is 5.91 Å². The minimum absolute atomic E-state index is 0.202. The van der Waals surface area contributed by atoms with Crippen molar-refractivity contribution < 1.29 is 9.59 Å². The fraction of sp³-hybridized carbons (Fsp3) is 0.364. The lowest BCUT2D eigenvalue weighted by atomic mass is 9.62. The maximum absolute atomic E-state index is 12.9. The molecule has 1 amide bonds. The molecular weight excluding hydrogens is 402 g/mol. The van der Waals surface area contributed by atoms with Crippen LogP contribution >= 0.6 is 11.6 Å². The summed E-state index contributed by atoms with van der Waals surface area (Å²) in [6.45, 7) is 4.29. The lowest BCUT2D eigenvalue weighted by Gasteiger charge is -2.55. The number of benzene rings is 1. The number of anilines is 1. The molecule has 8 heteroatoms. The molecule has 0 radical (unpaired) electrons. The summed E-state index contributed by atoms with van der Waals surface area (Å²) < 4.78 is 1.64. The summed E-state index contributed by atoms with van der Waals surface area (Å²) in [6, 6.07) is 8.20. The summed E-state index contributed by atoms with van der Waals surface area (Å²) in [4.78, 5) is 35.1. The van der Waals surface area contributed by atoms with E-state index in [1.165, 1.54) is 6.20 Å². The predicted octanol–water partition coefficient (Wildman–Crippen LogP) is 3.04. The van der Waals surface area contributed by atoms with Gasteiger partial charge in [0.05, 0.1) is 16.9 Å². The summed E-state index contributed by atoms with van der Waals surface area (Å²) in [6.07, 6.45) is 5.28. The van der Waals surface area contributed by atoms with E-state index in [2.05, 4.69) is 32.3 Å². The standard InChI is InChI=1S/C22H22ClN5O2/c1-2-18-19(28-11-15(23)10-25-21(28)26-18)20(30)24-9-14-3-5-16(6-4-14)27-12-22(13-27)7-17(29)8-22/h3-6,10-11H,2,7-9,12-13H2,1H3,(H,24,30). The topological polar surface area (TPSA) is 79.6 Å². The van der Waals surface area contributed by atoms with Gasteiger partial charge in [0.15, 0.2) is 0 Å². The van der Waals surface area contributed by atoms with E-state index in [1.54, 1.807) is 10.6 Å². The van der Waals surface area contributed by atoms with Gasteiger partial charge in [-0.1, -0.05) is 30.7 Å². The fourth-order valence-corrected chi connectivity index (χ4v) is 4.63. The molecule has 2 fully saturated rings. The molecule has 1 saturated carbocycles. The zero-order chi connectivity index (χ0) is 20.9. The van der Waals surface area contributed by atoms with E-state index in [9.17, 15) is 9.59 Å².